The van der Waals surface area contributed by atoms with Gasteiger partial charge in [0.15, 0.2) is 0 Å². The number of hydrogen-bond acceptors (Lipinski definition) is 3. The van der Waals surface area contributed by atoms with Gasteiger partial charge in [0.2, 0.25) is 0 Å². The van der Waals surface area contributed by atoms with E-state index in [1.165, 1.54) is 22.3 Å². The van der Waals surface area contributed by atoms with Crippen LogP contribution in [0.15, 0.2) is 63.5 Å². The minimum atomic E-state index is -0.511. The third-order valence-electron chi connectivity index (χ3n) is 5.87. The average Bonchev–Trinajstić information content (AvgIpc) is 2.97. The van der Waals surface area contributed by atoms with Crippen LogP contribution in [0, 0.1) is 5.92 Å². The molecule has 0 aromatic heterocycles. The van der Waals surface area contributed by atoms with Crippen molar-refractivity contribution in [1.82, 2.24) is 0 Å². The molecule has 0 fully saturated rings. The van der Waals surface area contributed by atoms with Crippen LogP contribution in [0.2, 0.25) is 0 Å². The lowest BCUT2D eigenvalue weighted by Gasteiger charge is -2.35. The molecular formula is C26H24Br2O3. The Morgan fingerprint density at radius 3 is 2.06 bits per heavy atom. The molecule has 31 heavy (non-hydrogen) atoms. The molecule has 3 aromatic rings. The fourth-order valence-corrected chi connectivity index (χ4v) is 5.51. The largest absolute Gasteiger partial charge is 0.507 e. The number of hydrogen-bond donors (Lipinski definition) is 1. The molecule has 0 spiro atoms. The summed E-state index contributed by atoms with van der Waals surface area (Å²) in [6.07, 6.45) is 0.854. The Bertz CT molecular complexity index is 1120. The molecule has 160 valence electrons. The van der Waals surface area contributed by atoms with Crippen LogP contribution in [0.3, 0.4) is 0 Å². The van der Waals surface area contributed by atoms with E-state index >= 15 is 0 Å². The molecule has 3 nitrogen and oxygen atoms in total. The Morgan fingerprint density at radius 2 is 1.55 bits per heavy atom. The Hall–Kier alpha value is -2.11. The van der Waals surface area contributed by atoms with E-state index in [0.717, 1.165) is 20.9 Å². The van der Waals surface area contributed by atoms with Crippen molar-refractivity contribution < 1.29 is 14.6 Å². The van der Waals surface area contributed by atoms with Gasteiger partial charge >= 0.3 is 5.97 Å². The molecule has 0 aliphatic heterocycles. The number of esters is 1. The van der Waals surface area contributed by atoms with E-state index in [1.807, 2.05) is 6.07 Å². The van der Waals surface area contributed by atoms with Gasteiger partial charge in [-0.05, 0) is 83.5 Å². The summed E-state index contributed by atoms with van der Waals surface area (Å²) in [6.45, 7) is 6.44. The van der Waals surface area contributed by atoms with Crippen LogP contribution in [0.4, 0.5) is 0 Å². The molecule has 4 rings (SSSR count). The van der Waals surface area contributed by atoms with Crippen LogP contribution in [0.5, 0.6) is 5.75 Å². The normalized spacial score (nSPS) is 13.7. The highest BCUT2D eigenvalue weighted by atomic mass is 79.9. The second kappa shape index (κ2) is 8.44. The maximum absolute atomic E-state index is 12.6. The number of aromatic hydroxyl groups is 1. The Kier molecular flexibility index (Phi) is 6.01. The summed E-state index contributed by atoms with van der Waals surface area (Å²) >= 11 is 7.32. The first-order chi connectivity index (χ1) is 14.8. The molecule has 0 radical (unpaired) electrons. The SMILES string of the molecule is CCOC(=O)c1cc(C2(CC(C)C)c3cc(Br)ccc3-c3ccc(Br)cc32)ccc1O. The summed E-state index contributed by atoms with van der Waals surface area (Å²) in [5.41, 5.74) is 5.49. The third kappa shape index (κ3) is 3.72. The first-order valence-corrected chi connectivity index (χ1v) is 12.0. The van der Waals surface area contributed by atoms with Gasteiger partial charge < -0.3 is 9.84 Å². The van der Waals surface area contributed by atoms with Crippen LogP contribution in [-0.4, -0.2) is 17.7 Å². The Labute approximate surface area is 199 Å². The smallest absolute Gasteiger partial charge is 0.341 e. The van der Waals surface area contributed by atoms with E-state index in [2.05, 4.69) is 82.1 Å². The average molecular weight is 544 g/mol. The zero-order valence-electron chi connectivity index (χ0n) is 17.7. The van der Waals surface area contributed by atoms with Crippen LogP contribution >= 0.6 is 31.9 Å². The first kappa shape index (κ1) is 22.1. The summed E-state index contributed by atoms with van der Waals surface area (Å²) in [7, 11) is 0. The molecular weight excluding hydrogens is 520 g/mol. The maximum Gasteiger partial charge on any atom is 0.341 e. The molecule has 0 saturated heterocycles. The van der Waals surface area contributed by atoms with Gasteiger partial charge in [0.1, 0.15) is 11.3 Å². The zero-order valence-corrected chi connectivity index (χ0v) is 20.9. The first-order valence-electron chi connectivity index (χ1n) is 10.4. The molecule has 0 saturated carbocycles. The Balaban J connectivity index is 2.07. The van der Waals surface area contributed by atoms with Crippen molar-refractivity contribution in [2.45, 2.75) is 32.6 Å². The second-order valence-corrected chi connectivity index (χ2v) is 10.2. The standard InChI is InChI=1S/C26H24Br2O3/c1-4-31-25(30)21-11-16(5-10-24(21)29)26(14-15(2)3)22-12-17(27)6-8-19(22)20-9-7-18(28)13-23(20)26/h5-13,15,29H,4,14H2,1-3H3. The van der Waals surface area contributed by atoms with Crippen molar-refractivity contribution in [2.24, 2.45) is 5.92 Å². The summed E-state index contributed by atoms with van der Waals surface area (Å²) in [4.78, 5) is 12.6. The molecule has 1 aliphatic carbocycles. The fraction of sp³-hybridized carbons (Fsp3) is 0.269. The van der Waals surface area contributed by atoms with Crippen molar-refractivity contribution in [2.75, 3.05) is 6.61 Å². The minimum Gasteiger partial charge on any atom is -0.507 e. The number of carbonyl (C=O) groups excluding carboxylic acids is 1. The van der Waals surface area contributed by atoms with E-state index < -0.39 is 11.4 Å². The molecule has 5 heteroatoms. The highest BCUT2D eigenvalue weighted by molar-refractivity contribution is 9.10. The molecule has 0 bridgehead atoms. The monoisotopic (exact) mass is 542 g/mol. The van der Waals surface area contributed by atoms with Crippen molar-refractivity contribution in [3.8, 4) is 16.9 Å². The van der Waals surface area contributed by atoms with Crippen molar-refractivity contribution >= 4 is 37.8 Å². The van der Waals surface area contributed by atoms with Gasteiger partial charge in [-0.3, -0.25) is 0 Å². The van der Waals surface area contributed by atoms with Gasteiger partial charge in [0.25, 0.3) is 0 Å². The molecule has 1 N–H and O–H groups in total. The van der Waals surface area contributed by atoms with Crippen molar-refractivity contribution in [3.05, 3.63) is 85.8 Å². The number of rotatable bonds is 5. The fourth-order valence-electron chi connectivity index (χ4n) is 4.79. The number of phenols is 1. The molecule has 3 aromatic carbocycles. The lowest BCUT2D eigenvalue weighted by molar-refractivity contribution is 0.0523. The highest BCUT2D eigenvalue weighted by Gasteiger charge is 2.45. The highest BCUT2D eigenvalue weighted by Crippen LogP contribution is 2.56. The maximum atomic E-state index is 12.6. The second-order valence-electron chi connectivity index (χ2n) is 8.34. The summed E-state index contributed by atoms with van der Waals surface area (Å²) in [5, 5.41) is 10.4. The quantitative estimate of drug-likeness (QED) is 0.340. The Morgan fingerprint density at radius 1 is 0.968 bits per heavy atom. The van der Waals surface area contributed by atoms with Crippen LogP contribution in [0.1, 0.15) is 54.2 Å². The van der Waals surface area contributed by atoms with E-state index in [0.29, 0.717) is 5.92 Å². The molecule has 0 heterocycles. The number of phenolic OH excluding ortho intramolecular Hbond substituents is 1. The van der Waals surface area contributed by atoms with E-state index in [4.69, 9.17) is 4.74 Å². The predicted molar refractivity (Wildman–Crippen MR) is 131 cm³/mol. The van der Waals surface area contributed by atoms with Gasteiger partial charge in [0, 0.05) is 14.4 Å². The lowest BCUT2D eigenvalue weighted by atomic mass is 9.67. The topological polar surface area (TPSA) is 46.5 Å². The number of halogens is 2. The summed E-state index contributed by atoms with van der Waals surface area (Å²) in [6, 6.07) is 18.1. The van der Waals surface area contributed by atoms with Gasteiger partial charge in [-0.15, -0.1) is 0 Å². The van der Waals surface area contributed by atoms with Crippen LogP contribution in [0.25, 0.3) is 11.1 Å². The predicted octanol–water partition coefficient (Wildman–Crippen LogP) is 7.45. The van der Waals surface area contributed by atoms with Crippen molar-refractivity contribution in [1.29, 1.82) is 0 Å². The molecule has 1 aliphatic rings. The third-order valence-corrected chi connectivity index (χ3v) is 6.86. The van der Waals surface area contributed by atoms with Gasteiger partial charge in [-0.1, -0.05) is 63.9 Å². The van der Waals surface area contributed by atoms with E-state index in [-0.39, 0.29) is 17.9 Å². The lowest BCUT2D eigenvalue weighted by Crippen LogP contribution is -2.29. The van der Waals surface area contributed by atoms with Gasteiger partial charge in [-0.25, -0.2) is 4.79 Å². The number of benzene rings is 3. The summed E-state index contributed by atoms with van der Waals surface area (Å²) < 4.78 is 7.22. The summed E-state index contributed by atoms with van der Waals surface area (Å²) in [5.74, 6) is -0.191. The molecule has 0 amide bonds. The van der Waals surface area contributed by atoms with E-state index in [9.17, 15) is 9.90 Å². The molecule has 0 unspecified atom stereocenters. The van der Waals surface area contributed by atoms with Crippen LogP contribution in [-0.2, 0) is 10.2 Å². The van der Waals surface area contributed by atoms with Gasteiger partial charge in [-0.2, -0.15) is 0 Å². The number of ether oxygens (including phenoxy) is 1. The zero-order chi connectivity index (χ0) is 22.3. The van der Waals surface area contributed by atoms with Crippen molar-refractivity contribution in [3.63, 3.8) is 0 Å². The minimum absolute atomic E-state index is 0.0659. The number of fused-ring (bicyclic) bond motifs is 3. The molecule has 0 atom stereocenters. The van der Waals surface area contributed by atoms with E-state index in [1.54, 1.807) is 19.1 Å². The number of carbonyl (C=O) groups is 1. The van der Waals surface area contributed by atoms with Gasteiger partial charge in [0.05, 0.1) is 6.61 Å². The van der Waals surface area contributed by atoms with Crippen LogP contribution < -0.4 is 0 Å².